The van der Waals surface area contributed by atoms with Gasteiger partial charge in [-0.2, -0.15) is 0 Å². The van der Waals surface area contributed by atoms with E-state index in [9.17, 15) is 4.79 Å². The Morgan fingerprint density at radius 3 is 2.71 bits per heavy atom. The minimum atomic E-state index is -0.403. The number of rotatable bonds is 3. The molecule has 2 rings (SSSR count). The highest BCUT2D eigenvalue weighted by Crippen LogP contribution is 2.22. The van der Waals surface area contributed by atoms with Crippen molar-refractivity contribution in [2.45, 2.75) is 12.8 Å². The van der Waals surface area contributed by atoms with Crippen LogP contribution in [0.5, 0.6) is 0 Å². The van der Waals surface area contributed by atoms with Gasteiger partial charge in [0.1, 0.15) is 0 Å². The van der Waals surface area contributed by atoms with Crippen molar-refractivity contribution >= 4 is 5.91 Å². The number of primary amides is 1. The molecule has 2 N–H and O–H groups in total. The van der Waals surface area contributed by atoms with Crippen molar-refractivity contribution < 1.29 is 4.79 Å². The van der Waals surface area contributed by atoms with Crippen LogP contribution >= 0.6 is 0 Å². The van der Waals surface area contributed by atoms with E-state index in [-0.39, 0.29) is 5.92 Å². The molecule has 1 aromatic heterocycles. The van der Waals surface area contributed by atoms with Gasteiger partial charge < -0.3 is 5.73 Å². The lowest BCUT2D eigenvalue weighted by molar-refractivity contribution is 0.1000. The number of carbonyl (C=O) groups excluding carboxylic acids is 1. The maximum absolute atomic E-state index is 11.1. The Balaban J connectivity index is 2.34. The van der Waals surface area contributed by atoms with E-state index in [1.165, 1.54) is 0 Å². The van der Waals surface area contributed by atoms with Gasteiger partial charge in [0.15, 0.2) is 0 Å². The van der Waals surface area contributed by atoms with Crippen molar-refractivity contribution in [2.75, 3.05) is 0 Å². The SMILES string of the molecule is CC(c1cccc(C(N)=O)c1)c1ccccn1. The Kier molecular flexibility index (Phi) is 3.19. The average Bonchev–Trinajstić information content (AvgIpc) is 2.39. The van der Waals surface area contributed by atoms with E-state index in [4.69, 9.17) is 5.73 Å². The van der Waals surface area contributed by atoms with Gasteiger partial charge in [0.25, 0.3) is 0 Å². The van der Waals surface area contributed by atoms with Crippen molar-refractivity contribution in [3.63, 3.8) is 0 Å². The number of amides is 1. The lowest BCUT2D eigenvalue weighted by Crippen LogP contribution is -2.11. The summed E-state index contributed by atoms with van der Waals surface area (Å²) in [5, 5.41) is 0. The molecule has 0 saturated heterocycles. The van der Waals surface area contributed by atoms with Gasteiger partial charge in [-0.25, -0.2) is 0 Å². The number of hydrogen-bond acceptors (Lipinski definition) is 2. The van der Waals surface area contributed by atoms with Crippen LogP contribution in [0.15, 0.2) is 48.7 Å². The molecule has 3 nitrogen and oxygen atoms in total. The average molecular weight is 226 g/mol. The number of nitrogens with two attached hydrogens (primary N) is 1. The highest BCUT2D eigenvalue weighted by atomic mass is 16.1. The Labute approximate surface area is 100 Å². The van der Waals surface area contributed by atoms with Crippen LogP contribution < -0.4 is 5.73 Å². The molecule has 0 fully saturated rings. The van der Waals surface area contributed by atoms with Crippen molar-refractivity contribution in [3.05, 3.63) is 65.5 Å². The smallest absolute Gasteiger partial charge is 0.248 e. The third-order valence-electron chi connectivity index (χ3n) is 2.80. The van der Waals surface area contributed by atoms with Gasteiger partial charge in [-0.3, -0.25) is 9.78 Å². The molecule has 1 aromatic carbocycles. The normalized spacial score (nSPS) is 12.1. The standard InChI is InChI=1S/C14H14N2O/c1-10(13-7-2-3-8-16-13)11-5-4-6-12(9-11)14(15)17/h2-10H,1H3,(H2,15,17). The van der Waals surface area contributed by atoms with Crippen molar-refractivity contribution in [1.29, 1.82) is 0 Å². The third kappa shape index (κ3) is 2.50. The second-order valence-electron chi connectivity index (χ2n) is 3.97. The first-order valence-corrected chi connectivity index (χ1v) is 5.49. The summed E-state index contributed by atoms with van der Waals surface area (Å²) in [6.45, 7) is 2.06. The summed E-state index contributed by atoms with van der Waals surface area (Å²) in [6.07, 6.45) is 1.77. The molecular weight excluding hydrogens is 212 g/mol. The highest BCUT2D eigenvalue weighted by molar-refractivity contribution is 5.92. The van der Waals surface area contributed by atoms with Crippen LogP contribution in [0.3, 0.4) is 0 Å². The predicted octanol–water partition coefficient (Wildman–Crippen LogP) is 2.33. The molecule has 86 valence electrons. The topological polar surface area (TPSA) is 56.0 Å². The van der Waals surface area contributed by atoms with E-state index in [2.05, 4.69) is 11.9 Å². The fourth-order valence-corrected chi connectivity index (χ4v) is 1.76. The summed E-state index contributed by atoms with van der Waals surface area (Å²) in [7, 11) is 0. The van der Waals surface area contributed by atoms with E-state index in [0.29, 0.717) is 5.56 Å². The molecule has 0 saturated carbocycles. The molecule has 0 aliphatic heterocycles. The number of carbonyl (C=O) groups is 1. The number of benzene rings is 1. The molecule has 0 bridgehead atoms. The zero-order chi connectivity index (χ0) is 12.3. The van der Waals surface area contributed by atoms with Crippen molar-refractivity contribution in [1.82, 2.24) is 4.98 Å². The molecule has 1 unspecified atom stereocenters. The monoisotopic (exact) mass is 226 g/mol. The Morgan fingerprint density at radius 1 is 1.24 bits per heavy atom. The van der Waals surface area contributed by atoms with Gasteiger partial charge in [-0.05, 0) is 29.8 Å². The zero-order valence-electron chi connectivity index (χ0n) is 9.63. The zero-order valence-corrected chi connectivity index (χ0v) is 9.63. The summed E-state index contributed by atoms with van der Waals surface area (Å²) in [4.78, 5) is 15.4. The van der Waals surface area contributed by atoms with Crippen LogP contribution in [0.2, 0.25) is 0 Å². The summed E-state index contributed by atoms with van der Waals surface area (Å²) in [5.74, 6) is -0.254. The van der Waals surface area contributed by atoms with Crippen molar-refractivity contribution in [2.24, 2.45) is 5.73 Å². The summed E-state index contributed by atoms with van der Waals surface area (Å²) < 4.78 is 0. The molecule has 1 heterocycles. The molecule has 0 spiro atoms. The predicted molar refractivity (Wildman–Crippen MR) is 66.7 cm³/mol. The van der Waals surface area contributed by atoms with Crippen LogP contribution in [0.1, 0.15) is 34.5 Å². The third-order valence-corrected chi connectivity index (χ3v) is 2.80. The summed E-state index contributed by atoms with van der Waals surface area (Å²) in [6, 6.07) is 13.2. The molecule has 3 heteroatoms. The summed E-state index contributed by atoms with van der Waals surface area (Å²) >= 11 is 0. The second kappa shape index (κ2) is 4.78. The van der Waals surface area contributed by atoms with Crippen LogP contribution in [0.4, 0.5) is 0 Å². The maximum Gasteiger partial charge on any atom is 0.248 e. The molecule has 17 heavy (non-hydrogen) atoms. The molecule has 0 radical (unpaired) electrons. The maximum atomic E-state index is 11.1. The molecule has 2 aromatic rings. The lowest BCUT2D eigenvalue weighted by atomic mass is 9.95. The number of nitrogens with zero attached hydrogens (tertiary/aromatic N) is 1. The molecule has 0 aliphatic carbocycles. The highest BCUT2D eigenvalue weighted by Gasteiger charge is 2.10. The van der Waals surface area contributed by atoms with Crippen LogP contribution in [-0.2, 0) is 0 Å². The van der Waals surface area contributed by atoms with Crippen LogP contribution in [0.25, 0.3) is 0 Å². The van der Waals surface area contributed by atoms with Gasteiger partial charge in [-0.1, -0.05) is 25.1 Å². The van der Waals surface area contributed by atoms with Gasteiger partial charge in [0.05, 0.1) is 0 Å². The van der Waals surface area contributed by atoms with Crippen LogP contribution in [0, 0.1) is 0 Å². The van der Waals surface area contributed by atoms with Gasteiger partial charge in [0, 0.05) is 23.4 Å². The fourth-order valence-electron chi connectivity index (χ4n) is 1.76. The number of aromatic nitrogens is 1. The second-order valence-corrected chi connectivity index (χ2v) is 3.97. The molecule has 1 atom stereocenters. The van der Waals surface area contributed by atoms with E-state index in [0.717, 1.165) is 11.3 Å². The fraction of sp³-hybridized carbons (Fsp3) is 0.143. The minimum absolute atomic E-state index is 0.149. The van der Waals surface area contributed by atoms with Gasteiger partial charge in [0.2, 0.25) is 5.91 Å². The first-order valence-electron chi connectivity index (χ1n) is 5.49. The molecular formula is C14H14N2O. The first-order chi connectivity index (χ1) is 8.18. The Morgan fingerprint density at radius 2 is 2.06 bits per heavy atom. The van der Waals surface area contributed by atoms with E-state index in [1.54, 1.807) is 12.3 Å². The Hall–Kier alpha value is -2.16. The largest absolute Gasteiger partial charge is 0.366 e. The lowest BCUT2D eigenvalue weighted by Gasteiger charge is -2.11. The molecule has 0 aliphatic rings. The molecule has 1 amide bonds. The van der Waals surface area contributed by atoms with Crippen LogP contribution in [-0.4, -0.2) is 10.9 Å². The van der Waals surface area contributed by atoms with E-state index < -0.39 is 5.91 Å². The van der Waals surface area contributed by atoms with Crippen molar-refractivity contribution in [3.8, 4) is 0 Å². The first kappa shape index (κ1) is 11.3. The minimum Gasteiger partial charge on any atom is -0.366 e. The summed E-state index contributed by atoms with van der Waals surface area (Å²) in [5.41, 5.74) is 7.82. The van der Waals surface area contributed by atoms with Gasteiger partial charge in [-0.15, -0.1) is 0 Å². The number of hydrogen-bond donors (Lipinski definition) is 1. The van der Waals surface area contributed by atoms with Gasteiger partial charge >= 0.3 is 0 Å². The quantitative estimate of drug-likeness (QED) is 0.873. The van der Waals surface area contributed by atoms with E-state index >= 15 is 0 Å². The van der Waals surface area contributed by atoms with E-state index in [1.807, 2.05) is 36.4 Å². The number of pyridine rings is 1. The Bertz CT molecular complexity index is 523.